The number of thioether (sulfide) groups is 1. The van der Waals surface area contributed by atoms with Crippen LogP contribution in [0.4, 0.5) is 0 Å². The number of hydrogen-bond donors (Lipinski definition) is 0. The molecule has 4 rings (SSSR count). The molecule has 3 aromatic heterocycles. The van der Waals surface area contributed by atoms with E-state index in [0.717, 1.165) is 21.9 Å². The third kappa shape index (κ3) is 3.65. The van der Waals surface area contributed by atoms with Crippen molar-refractivity contribution in [2.75, 3.05) is 5.75 Å². The Morgan fingerprint density at radius 2 is 1.96 bits per heavy atom. The molecule has 3 aromatic rings. The molecule has 8 heteroatoms. The molecule has 1 aliphatic heterocycles. The number of amides is 1. The lowest BCUT2D eigenvalue weighted by Crippen LogP contribution is -2.28. The Balaban J connectivity index is 1.54. The van der Waals surface area contributed by atoms with Gasteiger partial charge in [-0.05, 0) is 29.0 Å². The minimum atomic E-state index is -0.0260. The Hall–Kier alpha value is -2.03. The lowest BCUT2D eigenvalue weighted by Gasteiger charge is -2.20. The van der Waals surface area contributed by atoms with Gasteiger partial charge in [0.25, 0.3) is 5.91 Å². The van der Waals surface area contributed by atoms with Gasteiger partial charge in [0.2, 0.25) is 0 Å². The first kappa shape index (κ1) is 16.4. The third-order valence-electron chi connectivity index (χ3n) is 3.71. The maximum absolute atomic E-state index is 12.8. The van der Waals surface area contributed by atoms with Crippen molar-refractivity contribution < 1.29 is 4.79 Å². The maximum Gasteiger partial charge on any atom is 0.253 e. The van der Waals surface area contributed by atoms with E-state index in [1.165, 1.54) is 11.8 Å². The number of rotatable bonds is 5. The van der Waals surface area contributed by atoms with Crippen LogP contribution < -0.4 is 0 Å². The molecule has 0 N–H and O–H groups in total. The normalized spacial score (nSPS) is 16.9. The standard InChI is InChI=1S/C17H14N4OS3/c22-16(11-25-17-18-6-3-7-19-17)21-13(15-5-2-9-24-15)10-12(20-21)14-4-1-8-23-14/h1-9,13H,10-11H2. The molecule has 25 heavy (non-hydrogen) atoms. The first-order valence-corrected chi connectivity index (χ1v) is 10.4. The molecule has 1 atom stereocenters. The zero-order chi connectivity index (χ0) is 17.1. The molecular weight excluding hydrogens is 372 g/mol. The third-order valence-corrected chi connectivity index (χ3v) is 6.46. The lowest BCUT2D eigenvalue weighted by atomic mass is 10.1. The fourth-order valence-corrected chi connectivity index (χ4v) is 4.78. The SMILES string of the molecule is O=C(CSc1ncccn1)N1N=C(c2cccs2)CC1c1cccs1. The number of hydrazone groups is 1. The molecule has 0 aliphatic carbocycles. The van der Waals surface area contributed by atoms with Crippen molar-refractivity contribution in [3.8, 4) is 0 Å². The van der Waals surface area contributed by atoms with Gasteiger partial charge < -0.3 is 0 Å². The Bertz CT molecular complexity index is 863. The fourth-order valence-electron chi connectivity index (χ4n) is 2.59. The zero-order valence-electron chi connectivity index (χ0n) is 13.1. The average Bonchev–Trinajstić information content (AvgIpc) is 3.40. The van der Waals surface area contributed by atoms with Crippen molar-refractivity contribution >= 4 is 46.1 Å². The highest BCUT2D eigenvalue weighted by molar-refractivity contribution is 7.99. The van der Waals surface area contributed by atoms with Crippen molar-refractivity contribution in [2.45, 2.75) is 17.6 Å². The number of hydrogen-bond acceptors (Lipinski definition) is 7. The molecule has 0 saturated carbocycles. The second-order valence-electron chi connectivity index (χ2n) is 5.32. The number of carbonyl (C=O) groups excluding carboxylic acids is 1. The summed E-state index contributed by atoms with van der Waals surface area (Å²) in [6.45, 7) is 0. The quantitative estimate of drug-likeness (QED) is 0.490. The smallest absolute Gasteiger partial charge is 0.253 e. The van der Waals surface area contributed by atoms with E-state index in [1.807, 2.05) is 22.9 Å². The van der Waals surface area contributed by atoms with Crippen LogP contribution in [-0.4, -0.2) is 32.3 Å². The largest absolute Gasteiger partial charge is 0.272 e. The van der Waals surface area contributed by atoms with E-state index in [1.54, 1.807) is 46.1 Å². The summed E-state index contributed by atoms with van der Waals surface area (Å²) in [6, 6.07) is 9.87. The van der Waals surface area contributed by atoms with E-state index in [2.05, 4.69) is 27.2 Å². The molecule has 126 valence electrons. The van der Waals surface area contributed by atoms with Crippen molar-refractivity contribution in [1.29, 1.82) is 0 Å². The highest BCUT2D eigenvalue weighted by atomic mass is 32.2. The minimum Gasteiger partial charge on any atom is -0.272 e. The number of carbonyl (C=O) groups is 1. The topological polar surface area (TPSA) is 58.5 Å². The van der Waals surface area contributed by atoms with Gasteiger partial charge in [-0.3, -0.25) is 4.79 Å². The van der Waals surface area contributed by atoms with Crippen LogP contribution in [0.2, 0.25) is 0 Å². The van der Waals surface area contributed by atoms with Crippen LogP contribution in [-0.2, 0) is 4.79 Å². The van der Waals surface area contributed by atoms with Gasteiger partial charge in [0, 0.05) is 23.7 Å². The molecule has 5 nitrogen and oxygen atoms in total. The minimum absolute atomic E-state index is 0.0255. The molecule has 0 fully saturated rings. The molecule has 1 aliphatic rings. The molecular formula is C17H14N4OS3. The molecule has 0 aromatic carbocycles. The van der Waals surface area contributed by atoms with Crippen molar-refractivity contribution in [3.63, 3.8) is 0 Å². The van der Waals surface area contributed by atoms with Gasteiger partial charge in [-0.2, -0.15) is 5.10 Å². The summed E-state index contributed by atoms with van der Waals surface area (Å²) >= 11 is 4.65. The number of thiophene rings is 2. The van der Waals surface area contributed by atoms with Gasteiger partial charge in [0.1, 0.15) is 0 Å². The van der Waals surface area contributed by atoms with E-state index >= 15 is 0 Å². The van der Waals surface area contributed by atoms with Crippen LogP contribution in [0.3, 0.4) is 0 Å². The summed E-state index contributed by atoms with van der Waals surface area (Å²) in [6.07, 6.45) is 4.10. The van der Waals surface area contributed by atoms with E-state index in [9.17, 15) is 4.79 Å². The van der Waals surface area contributed by atoms with Crippen LogP contribution in [0.15, 0.2) is 63.7 Å². The molecule has 0 radical (unpaired) electrons. The predicted molar refractivity (Wildman–Crippen MR) is 102 cm³/mol. The Kier molecular flexibility index (Phi) is 4.91. The summed E-state index contributed by atoms with van der Waals surface area (Å²) in [7, 11) is 0. The second kappa shape index (κ2) is 7.47. The first-order chi connectivity index (χ1) is 12.3. The van der Waals surface area contributed by atoms with Crippen molar-refractivity contribution in [1.82, 2.24) is 15.0 Å². The lowest BCUT2D eigenvalue weighted by molar-refractivity contribution is -0.130. The molecule has 0 saturated heterocycles. The highest BCUT2D eigenvalue weighted by Crippen LogP contribution is 2.36. The maximum atomic E-state index is 12.8. The molecule has 1 unspecified atom stereocenters. The summed E-state index contributed by atoms with van der Waals surface area (Å²) in [5.41, 5.74) is 0.975. The number of aromatic nitrogens is 2. The van der Waals surface area contributed by atoms with Crippen LogP contribution in [0.1, 0.15) is 22.2 Å². The van der Waals surface area contributed by atoms with E-state index in [4.69, 9.17) is 0 Å². The summed E-state index contributed by atoms with van der Waals surface area (Å²) < 4.78 is 0. The second-order valence-corrected chi connectivity index (χ2v) is 8.19. The van der Waals surface area contributed by atoms with Gasteiger partial charge in [-0.1, -0.05) is 23.9 Å². The number of nitrogens with zero attached hydrogens (tertiary/aromatic N) is 4. The molecule has 1 amide bonds. The van der Waals surface area contributed by atoms with Gasteiger partial charge in [0.05, 0.1) is 22.4 Å². The van der Waals surface area contributed by atoms with E-state index in [-0.39, 0.29) is 17.7 Å². The molecule has 4 heterocycles. The van der Waals surface area contributed by atoms with Crippen molar-refractivity contribution in [2.24, 2.45) is 5.10 Å². The summed E-state index contributed by atoms with van der Waals surface area (Å²) in [5, 5.41) is 10.9. The first-order valence-electron chi connectivity index (χ1n) is 7.68. The van der Waals surface area contributed by atoms with E-state index < -0.39 is 0 Å². The molecule has 0 bridgehead atoms. The van der Waals surface area contributed by atoms with Crippen LogP contribution >= 0.6 is 34.4 Å². The summed E-state index contributed by atoms with van der Waals surface area (Å²) in [4.78, 5) is 23.4. The zero-order valence-corrected chi connectivity index (χ0v) is 15.6. The van der Waals surface area contributed by atoms with Gasteiger partial charge in [0.15, 0.2) is 5.16 Å². The average molecular weight is 387 g/mol. The van der Waals surface area contributed by atoms with Gasteiger partial charge in [-0.15, -0.1) is 22.7 Å². The molecule has 0 spiro atoms. The van der Waals surface area contributed by atoms with Crippen molar-refractivity contribution in [3.05, 3.63) is 63.2 Å². The monoisotopic (exact) mass is 386 g/mol. The predicted octanol–water partition coefficient (Wildman–Crippen LogP) is 4.07. The Labute approximate surface area is 157 Å². The summed E-state index contributed by atoms with van der Waals surface area (Å²) in [5.74, 6) is 0.245. The van der Waals surface area contributed by atoms with Gasteiger partial charge in [-0.25, -0.2) is 15.0 Å². The Morgan fingerprint density at radius 3 is 2.68 bits per heavy atom. The van der Waals surface area contributed by atoms with Crippen LogP contribution in [0.25, 0.3) is 0 Å². The van der Waals surface area contributed by atoms with Crippen LogP contribution in [0.5, 0.6) is 0 Å². The van der Waals surface area contributed by atoms with E-state index in [0.29, 0.717) is 5.16 Å². The fraction of sp³-hybridized carbons (Fsp3) is 0.176. The Morgan fingerprint density at radius 1 is 1.16 bits per heavy atom. The van der Waals surface area contributed by atoms with Gasteiger partial charge >= 0.3 is 0 Å². The highest BCUT2D eigenvalue weighted by Gasteiger charge is 2.33. The van der Waals surface area contributed by atoms with Crippen LogP contribution in [0, 0.1) is 0 Å².